The van der Waals surface area contributed by atoms with E-state index >= 15 is 0 Å². The van der Waals surface area contributed by atoms with Gasteiger partial charge in [0.05, 0.1) is 5.56 Å². The minimum atomic E-state index is -0.562. The number of hydrogen-bond acceptors (Lipinski definition) is 3. The number of phenols is 1. The van der Waals surface area contributed by atoms with E-state index in [0.29, 0.717) is 6.54 Å². The molecule has 4 nitrogen and oxygen atoms in total. The molecule has 1 fully saturated rings. The number of carbonyl (C=O) groups is 1. The van der Waals surface area contributed by atoms with E-state index in [1.165, 1.54) is 6.07 Å². The van der Waals surface area contributed by atoms with Crippen molar-refractivity contribution in [2.24, 2.45) is 0 Å². The van der Waals surface area contributed by atoms with Gasteiger partial charge >= 0.3 is 0 Å². The van der Waals surface area contributed by atoms with E-state index < -0.39 is 5.82 Å². The molecule has 1 amide bonds. The fourth-order valence-corrected chi connectivity index (χ4v) is 2.18. The lowest BCUT2D eigenvalue weighted by atomic mass is 10.0. The summed E-state index contributed by atoms with van der Waals surface area (Å²) in [6.45, 7) is 3.49. The van der Waals surface area contributed by atoms with Crippen LogP contribution in [0.5, 0.6) is 5.75 Å². The first-order chi connectivity index (χ1) is 8.50. The van der Waals surface area contributed by atoms with E-state index in [1.54, 1.807) is 0 Å². The normalized spacial score (nSPS) is 23.0. The Hall–Kier alpha value is -1.62. The lowest BCUT2D eigenvalue weighted by Gasteiger charge is -2.24. The van der Waals surface area contributed by atoms with Crippen LogP contribution in [0.15, 0.2) is 18.2 Å². The summed E-state index contributed by atoms with van der Waals surface area (Å²) in [5.74, 6) is -1.28. The Balaban J connectivity index is 1.99. The molecule has 1 heterocycles. The molecule has 18 heavy (non-hydrogen) atoms. The largest absolute Gasteiger partial charge is 0.507 e. The van der Waals surface area contributed by atoms with Gasteiger partial charge in [0, 0.05) is 18.2 Å². The van der Waals surface area contributed by atoms with Gasteiger partial charge in [0.15, 0.2) is 0 Å². The number of rotatable bonds is 3. The molecule has 0 spiro atoms. The summed E-state index contributed by atoms with van der Waals surface area (Å²) in [5, 5.41) is 15.6. The topological polar surface area (TPSA) is 61.4 Å². The van der Waals surface area contributed by atoms with Crippen molar-refractivity contribution in [2.75, 3.05) is 13.1 Å². The Morgan fingerprint density at radius 1 is 1.61 bits per heavy atom. The number of hydrogen-bond donors (Lipinski definition) is 3. The Kier molecular flexibility index (Phi) is 3.52. The Bertz CT molecular complexity index is 456. The van der Waals surface area contributed by atoms with Crippen LogP contribution in [0.3, 0.4) is 0 Å². The van der Waals surface area contributed by atoms with Gasteiger partial charge in [-0.05, 0) is 38.4 Å². The molecule has 0 bridgehead atoms. The molecule has 3 N–H and O–H groups in total. The van der Waals surface area contributed by atoms with Crippen molar-refractivity contribution in [3.05, 3.63) is 29.6 Å². The highest BCUT2D eigenvalue weighted by atomic mass is 19.1. The van der Waals surface area contributed by atoms with Gasteiger partial charge in [0.1, 0.15) is 11.6 Å². The number of benzene rings is 1. The summed E-state index contributed by atoms with van der Waals surface area (Å²) < 4.78 is 12.8. The van der Waals surface area contributed by atoms with Crippen LogP contribution in [0.4, 0.5) is 4.39 Å². The Morgan fingerprint density at radius 2 is 2.39 bits per heavy atom. The standard InChI is InChI=1S/C13H17FN2O2/c1-13(5-2-6-16-13)8-15-12(18)10-4-3-9(14)7-11(10)17/h3-4,7,16-17H,2,5-6,8H2,1H3,(H,15,18). The molecule has 0 aliphatic carbocycles. The summed E-state index contributed by atoms with van der Waals surface area (Å²) in [7, 11) is 0. The maximum absolute atomic E-state index is 12.8. The van der Waals surface area contributed by atoms with Crippen LogP contribution >= 0.6 is 0 Å². The zero-order chi connectivity index (χ0) is 13.2. The van der Waals surface area contributed by atoms with Crippen molar-refractivity contribution >= 4 is 5.91 Å². The van der Waals surface area contributed by atoms with Crippen molar-refractivity contribution in [3.63, 3.8) is 0 Å². The minimum absolute atomic E-state index is 0.0920. The maximum atomic E-state index is 12.8. The van der Waals surface area contributed by atoms with E-state index in [1.807, 2.05) is 6.92 Å². The highest BCUT2D eigenvalue weighted by molar-refractivity contribution is 5.96. The fraction of sp³-hybridized carbons (Fsp3) is 0.462. The van der Waals surface area contributed by atoms with E-state index in [9.17, 15) is 14.3 Å². The predicted octanol–water partition coefficient (Wildman–Crippen LogP) is 1.40. The van der Waals surface area contributed by atoms with Crippen LogP contribution in [0.2, 0.25) is 0 Å². The smallest absolute Gasteiger partial charge is 0.255 e. The highest BCUT2D eigenvalue weighted by Crippen LogP contribution is 2.20. The molecule has 1 aliphatic heterocycles. The number of carbonyl (C=O) groups excluding carboxylic acids is 1. The third-order valence-electron chi connectivity index (χ3n) is 3.30. The SMILES string of the molecule is CC1(CNC(=O)c2ccc(F)cc2O)CCCN1. The van der Waals surface area contributed by atoms with Gasteiger partial charge in [0.2, 0.25) is 0 Å². The molecular weight excluding hydrogens is 235 g/mol. The van der Waals surface area contributed by atoms with Gasteiger partial charge in [-0.15, -0.1) is 0 Å². The monoisotopic (exact) mass is 252 g/mol. The molecule has 1 saturated heterocycles. The molecule has 98 valence electrons. The molecule has 1 atom stereocenters. The molecule has 5 heteroatoms. The molecule has 1 aromatic carbocycles. The number of nitrogens with one attached hydrogen (secondary N) is 2. The van der Waals surface area contributed by atoms with Crippen LogP contribution in [-0.2, 0) is 0 Å². The Labute approximate surface area is 105 Å². The fourth-order valence-electron chi connectivity index (χ4n) is 2.18. The lowest BCUT2D eigenvalue weighted by Crippen LogP contribution is -2.47. The van der Waals surface area contributed by atoms with E-state index in [0.717, 1.165) is 31.5 Å². The molecular formula is C13H17FN2O2. The predicted molar refractivity (Wildman–Crippen MR) is 66.0 cm³/mol. The van der Waals surface area contributed by atoms with Crippen molar-refractivity contribution in [3.8, 4) is 5.75 Å². The second kappa shape index (κ2) is 4.94. The maximum Gasteiger partial charge on any atom is 0.255 e. The van der Waals surface area contributed by atoms with E-state index in [-0.39, 0.29) is 22.8 Å². The number of phenolic OH excluding ortho intramolecular Hbond substituents is 1. The van der Waals surface area contributed by atoms with Crippen LogP contribution in [0, 0.1) is 5.82 Å². The molecule has 0 saturated carbocycles. The van der Waals surface area contributed by atoms with Gasteiger partial charge in [-0.3, -0.25) is 4.79 Å². The van der Waals surface area contributed by atoms with Crippen molar-refractivity contribution in [1.29, 1.82) is 0 Å². The van der Waals surface area contributed by atoms with Gasteiger partial charge in [-0.1, -0.05) is 0 Å². The van der Waals surface area contributed by atoms with Gasteiger partial charge in [-0.2, -0.15) is 0 Å². The first-order valence-corrected chi connectivity index (χ1v) is 6.02. The van der Waals surface area contributed by atoms with Crippen molar-refractivity contribution < 1.29 is 14.3 Å². The molecule has 2 rings (SSSR count). The molecule has 1 unspecified atom stereocenters. The summed E-state index contributed by atoms with van der Waals surface area (Å²) in [6, 6.07) is 3.37. The summed E-state index contributed by atoms with van der Waals surface area (Å²) in [5.41, 5.74) is 0.00341. The average Bonchev–Trinajstić information content (AvgIpc) is 2.74. The van der Waals surface area contributed by atoms with Gasteiger partial charge in [0.25, 0.3) is 5.91 Å². The minimum Gasteiger partial charge on any atom is -0.507 e. The van der Waals surface area contributed by atoms with Crippen LogP contribution in [-0.4, -0.2) is 29.6 Å². The van der Waals surface area contributed by atoms with E-state index in [2.05, 4.69) is 10.6 Å². The number of aromatic hydroxyl groups is 1. The average molecular weight is 252 g/mol. The van der Waals surface area contributed by atoms with Crippen molar-refractivity contribution in [2.45, 2.75) is 25.3 Å². The highest BCUT2D eigenvalue weighted by Gasteiger charge is 2.28. The van der Waals surface area contributed by atoms with Gasteiger partial charge in [-0.25, -0.2) is 4.39 Å². The second-order valence-electron chi connectivity index (χ2n) is 4.94. The van der Waals surface area contributed by atoms with Gasteiger partial charge < -0.3 is 15.7 Å². The quantitative estimate of drug-likeness (QED) is 0.762. The van der Waals surface area contributed by atoms with Crippen LogP contribution in [0.25, 0.3) is 0 Å². The number of amides is 1. The zero-order valence-corrected chi connectivity index (χ0v) is 10.3. The number of halogens is 1. The first kappa shape index (κ1) is 12.8. The lowest BCUT2D eigenvalue weighted by molar-refractivity contribution is 0.0940. The third-order valence-corrected chi connectivity index (χ3v) is 3.30. The summed E-state index contributed by atoms with van der Waals surface area (Å²) >= 11 is 0. The van der Waals surface area contributed by atoms with Crippen molar-refractivity contribution in [1.82, 2.24) is 10.6 Å². The second-order valence-corrected chi connectivity index (χ2v) is 4.94. The molecule has 1 aliphatic rings. The zero-order valence-electron chi connectivity index (χ0n) is 10.3. The molecule has 0 radical (unpaired) electrons. The molecule has 1 aromatic rings. The summed E-state index contributed by atoms with van der Waals surface area (Å²) in [4.78, 5) is 11.9. The first-order valence-electron chi connectivity index (χ1n) is 6.02. The third kappa shape index (κ3) is 2.79. The molecule has 0 aromatic heterocycles. The summed E-state index contributed by atoms with van der Waals surface area (Å²) in [6.07, 6.45) is 2.09. The Morgan fingerprint density at radius 3 is 3.00 bits per heavy atom. The van der Waals surface area contributed by atoms with E-state index in [4.69, 9.17) is 0 Å². The van der Waals surface area contributed by atoms with Crippen LogP contribution < -0.4 is 10.6 Å². The van der Waals surface area contributed by atoms with Crippen LogP contribution in [0.1, 0.15) is 30.1 Å².